The second kappa shape index (κ2) is 8.84. The molecule has 1 N–H and O–H groups in total. The summed E-state index contributed by atoms with van der Waals surface area (Å²) in [5, 5.41) is -0.740. The van der Waals surface area contributed by atoms with Crippen molar-refractivity contribution in [2.24, 2.45) is 0 Å². The van der Waals surface area contributed by atoms with Crippen molar-refractivity contribution in [1.82, 2.24) is 14.5 Å². The zero-order valence-electron chi connectivity index (χ0n) is 18.6. The Balaban J connectivity index is 1.72. The van der Waals surface area contributed by atoms with E-state index in [4.69, 9.17) is 0 Å². The molecule has 184 valence electrons. The van der Waals surface area contributed by atoms with E-state index in [2.05, 4.69) is 4.72 Å². The van der Waals surface area contributed by atoms with Gasteiger partial charge < -0.3 is 9.80 Å². The number of carbonyl (C=O) groups is 1. The second-order valence-corrected chi connectivity index (χ2v) is 11.0. The maximum Gasteiger partial charge on any atom is 0.320 e. The number of halogens is 4. The molecule has 1 saturated carbocycles. The molecule has 2 aliphatic rings. The predicted octanol–water partition coefficient (Wildman–Crippen LogP) is 3.63. The third-order valence-electron chi connectivity index (χ3n) is 6.15. The first-order chi connectivity index (χ1) is 15.9. The van der Waals surface area contributed by atoms with Crippen molar-refractivity contribution in [3.63, 3.8) is 0 Å². The van der Waals surface area contributed by atoms with E-state index < -0.39 is 57.5 Å². The van der Waals surface area contributed by atoms with Crippen LogP contribution in [0.5, 0.6) is 0 Å². The molecule has 11 heteroatoms. The highest BCUT2D eigenvalue weighted by Gasteiger charge is 2.58. The Morgan fingerprint density at radius 2 is 1.82 bits per heavy atom. The Morgan fingerprint density at radius 3 is 2.44 bits per heavy atom. The summed E-state index contributed by atoms with van der Waals surface area (Å²) in [6.07, 6.45) is 0.397. The average Bonchev–Trinajstić information content (AvgIpc) is 3.58. The van der Waals surface area contributed by atoms with Crippen LogP contribution in [0.25, 0.3) is 11.1 Å². The Morgan fingerprint density at radius 1 is 1.15 bits per heavy atom. The Labute approximate surface area is 195 Å². The third-order valence-corrected chi connectivity index (χ3v) is 8.08. The summed E-state index contributed by atoms with van der Waals surface area (Å²) >= 11 is 0. The molecule has 2 aromatic carbocycles. The Hall–Kier alpha value is -2.66. The normalized spacial score (nSPS) is 22.1. The third kappa shape index (κ3) is 4.76. The van der Waals surface area contributed by atoms with Gasteiger partial charge in [0.15, 0.2) is 0 Å². The summed E-state index contributed by atoms with van der Waals surface area (Å²) < 4.78 is 86.4. The van der Waals surface area contributed by atoms with E-state index in [1.165, 1.54) is 50.5 Å². The summed E-state index contributed by atoms with van der Waals surface area (Å²) in [6.45, 7) is -1.00. The molecule has 2 amide bonds. The SMILES string of the molecule is CN(C)C(=O)N1CC(F)(F)[C@H](NS(=O)(=O)C2CC2)[C@@H]1Cc1cccc(-c2cccc(F)c2)c1F. The highest BCUT2D eigenvalue weighted by Crippen LogP contribution is 2.38. The number of alkyl halides is 2. The molecular weight excluding hydrogens is 474 g/mol. The van der Waals surface area contributed by atoms with Crippen LogP contribution in [0.1, 0.15) is 18.4 Å². The van der Waals surface area contributed by atoms with Gasteiger partial charge in [-0.3, -0.25) is 0 Å². The first-order valence-corrected chi connectivity index (χ1v) is 12.4. The van der Waals surface area contributed by atoms with E-state index >= 15 is 13.2 Å². The second-order valence-electron chi connectivity index (χ2n) is 8.97. The molecule has 1 heterocycles. The standard InChI is InChI=1S/C23H25F4N3O3S/c1-29(2)22(31)30-13-23(26,27)21(28-34(32,33)17-9-10-17)19(30)12-15-6-4-8-18(20(15)25)14-5-3-7-16(24)11-14/h3-8,11,17,19,21,28H,9-10,12-13H2,1-2H3/t19-,21+/m0/s1. The van der Waals surface area contributed by atoms with Crippen LogP contribution in [-0.2, 0) is 16.4 Å². The molecule has 4 rings (SSSR count). The zero-order valence-corrected chi connectivity index (χ0v) is 19.5. The van der Waals surface area contributed by atoms with Gasteiger partial charge in [0.05, 0.1) is 17.8 Å². The Kier molecular flexibility index (Phi) is 6.36. The number of rotatable bonds is 6. The van der Waals surface area contributed by atoms with Gasteiger partial charge in [-0.15, -0.1) is 0 Å². The van der Waals surface area contributed by atoms with E-state index in [9.17, 15) is 17.6 Å². The lowest BCUT2D eigenvalue weighted by Gasteiger charge is -2.30. The van der Waals surface area contributed by atoms with Crippen LogP contribution < -0.4 is 4.72 Å². The molecule has 0 aromatic heterocycles. The van der Waals surface area contributed by atoms with Gasteiger partial charge in [0, 0.05) is 19.7 Å². The molecule has 2 fully saturated rings. The molecule has 1 aliphatic heterocycles. The molecule has 1 saturated heterocycles. The highest BCUT2D eigenvalue weighted by atomic mass is 32.2. The minimum absolute atomic E-state index is 0.0108. The lowest BCUT2D eigenvalue weighted by Crippen LogP contribution is -2.53. The fourth-order valence-corrected chi connectivity index (χ4v) is 5.89. The van der Waals surface area contributed by atoms with Gasteiger partial charge in [0.1, 0.15) is 17.7 Å². The molecule has 34 heavy (non-hydrogen) atoms. The number of likely N-dealkylation sites (tertiary alicyclic amines) is 1. The number of hydrogen-bond donors (Lipinski definition) is 1. The first-order valence-electron chi connectivity index (χ1n) is 10.8. The fourth-order valence-electron chi connectivity index (χ4n) is 4.26. The Bertz CT molecular complexity index is 1200. The zero-order chi connectivity index (χ0) is 24.8. The van der Waals surface area contributed by atoms with Crippen LogP contribution in [0.15, 0.2) is 42.5 Å². The lowest BCUT2D eigenvalue weighted by atomic mass is 9.95. The number of carbonyl (C=O) groups excluding carboxylic acids is 1. The van der Waals surface area contributed by atoms with Crippen molar-refractivity contribution < 1.29 is 30.8 Å². The van der Waals surface area contributed by atoms with Gasteiger partial charge in [-0.1, -0.05) is 30.3 Å². The molecule has 0 radical (unpaired) electrons. The molecular formula is C23H25F4N3O3S. The maximum atomic E-state index is 15.5. The summed E-state index contributed by atoms with van der Waals surface area (Å²) in [5.41, 5.74) is 0.349. The summed E-state index contributed by atoms with van der Waals surface area (Å²) in [7, 11) is -1.23. The first kappa shape index (κ1) is 24.5. The summed E-state index contributed by atoms with van der Waals surface area (Å²) in [5.74, 6) is -4.87. The van der Waals surface area contributed by atoms with Gasteiger partial charge in [0.25, 0.3) is 5.92 Å². The van der Waals surface area contributed by atoms with Gasteiger partial charge in [-0.05, 0) is 42.5 Å². The average molecular weight is 500 g/mol. The quantitative estimate of drug-likeness (QED) is 0.618. The van der Waals surface area contributed by atoms with Crippen molar-refractivity contribution in [2.45, 2.75) is 42.5 Å². The number of nitrogens with one attached hydrogen (secondary N) is 1. The smallest absolute Gasteiger partial charge is 0.320 e. The molecule has 0 spiro atoms. The number of amides is 2. The fraction of sp³-hybridized carbons (Fsp3) is 0.435. The summed E-state index contributed by atoms with van der Waals surface area (Å²) in [6, 6.07) is 5.65. The van der Waals surface area contributed by atoms with E-state index in [1.54, 1.807) is 0 Å². The van der Waals surface area contributed by atoms with Crippen LogP contribution in [0.4, 0.5) is 22.4 Å². The van der Waals surface area contributed by atoms with Crippen molar-refractivity contribution in [3.05, 3.63) is 59.7 Å². The number of hydrogen-bond acceptors (Lipinski definition) is 3. The minimum Gasteiger partial charge on any atom is -0.331 e. The largest absolute Gasteiger partial charge is 0.331 e. The number of benzene rings is 2. The van der Waals surface area contributed by atoms with Crippen molar-refractivity contribution in [1.29, 1.82) is 0 Å². The number of sulfonamides is 1. The van der Waals surface area contributed by atoms with Crippen molar-refractivity contribution >= 4 is 16.1 Å². The number of nitrogens with zero attached hydrogens (tertiary/aromatic N) is 2. The molecule has 1 aliphatic carbocycles. The molecule has 2 atom stereocenters. The number of urea groups is 1. The van der Waals surface area contributed by atoms with Crippen LogP contribution in [0, 0.1) is 11.6 Å². The van der Waals surface area contributed by atoms with E-state index in [0.717, 1.165) is 15.9 Å². The minimum atomic E-state index is -4.02. The van der Waals surface area contributed by atoms with E-state index in [0.29, 0.717) is 12.8 Å². The lowest BCUT2D eigenvalue weighted by molar-refractivity contribution is -0.00500. The predicted molar refractivity (Wildman–Crippen MR) is 119 cm³/mol. The van der Waals surface area contributed by atoms with Crippen LogP contribution in [0.3, 0.4) is 0 Å². The topological polar surface area (TPSA) is 69.7 Å². The highest BCUT2D eigenvalue weighted by molar-refractivity contribution is 7.90. The summed E-state index contributed by atoms with van der Waals surface area (Å²) in [4.78, 5) is 14.7. The van der Waals surface area contributed by atoms with E-state index in [-0.39, 0.29) is 23.1 Å². The molecule has 6 nitrogen and oxygen atoms in total. The monoisotopic (exact) mass is 499 g/mol. The van der Waals surface area contributed by atoms with Crippen LogP contribution in [-0.4, -0.2) is 68.1 Å². The molecule has 0 unspecified atom stereocenters. The maximum absolute atomic E-state index is 15.5. The van der Waals surface area contributed by atoms with E-state index in [1.807, 2.05) is 0 Å². The van der Waals surface area contributed by atoms with Gasteiger partial charge in [-0.25, -0.2) is 35.5 Å². The van der Waals surface area contributed by atoms with Crippen LogP contribution in [0.2, 0.25) is 0 Å². The van der Waals surface area contributed by atoms with Gasteiger partial charge in [-0.2, -0.15) is 0 Å². The van der Waals surface area contributed by atoms with Gasteiger partial charge >= 0.3 is 6.03 Å². The van der Waals surface area contributed by atoms with Crippen molar-refractivity contribution in [3.8, 4) is 11.1 Å². The molecule has 2 aromatic rings. The van der Waals surface area contributed by atoms with Crippen LogP contribution >= 0.6 is 0 Å². The molecule has 0 bridgehead atoms. The van der Waals surface area contributed by atoms with Gasteiger partial charge in [0.2, 0.25) is 10.0 Å². The van der Waals surface area contributed by atoms with Crippen molar-refractivity contribution in [2.75, 3.05) is 20.6 Å².